The van der Waals surface area contributed by atoms with E-state index in [2.05, 4.69) is 15.3 Å². The largest absolute Gasteiger partial charge is 0.482 e. The molecular formula is C15H14N4O3. The van der Waals surface area contributed by atoms with E-state index in [0.717, 1.165) is 5.56 Å². The summed E-state index contributed by atoms with van der Waals surface area (Å²) in [6.45, 7) is 0.0364. The van der Waals surface area contributed by atoms with Gasteiger partial charge in [-0.15, -0.1) is 0 Å². The Morgan fingerprint density at radius 3 is 2.91 bits per heavy atom. The number of rotatable bonds is 3. The molecule has 0 spiro atoms. The number of amides is 2. The number of fused-ring (bicyclic) bond motifs is 1. The molecule has 0 saturated carbocycles. The summed E-state index contributed by atoms with van der Waals surface area (Å²) < 4.78 is 5.35. The Labute approximate surface area is 126 Å². The molecule has 0 radical (unpaired) electrons. The van der Waals surface area contributed by atoms with E-state index in [0.29, 0.717) is 11.4 Å². The van der Waals surface area contributed by atoms with Crippen LogP contribution in [-0.2, 0) is 16.0 Å². The molecule has 1 aliphatic heterocycles. The zero-order chi connectivity index (χ0) is 15.5. The second-order valence-electron chi connectivity index (χ2n) is 4.84. The lowest BCUT2D eigenvalue weighted by atomic mass is 10.1. The molecule has 0 fully saturated rings. The highest BCUT2D eigenvalue weighted by molar-refractivity contribution is 5.97. The summed E-state index contributed by atoms with van der Waals surface area (Å²) in [5.41, 5.74) is 1.44. The predicted molar refractivity (Wildman–Crippen MR) is 79.7 cm³/mol. The number of carbonyl (C=O) groups excluding carboxylic acids is 2. The number of likely N-dealkylation sites (N-methyl/N-ethyl adjacent to an activating group) is 1. The van der Waals surface area contributed by atoms with Crippen molar-refractivity contribution >= 4 is 23.5 Å². The number of anilines is 2. The molecule has 0 aliphatic carbocycles. The topological polar surface area (TPSA) is 84.4 Å². The van der Waals surface area contributed by atoms with Gasteiger partial charge in [-0.3, -0.25) is 14.9 Å². The van der Waals surface area contributed by atoms with Gasteiger partial charge in [0, 0.05) is 19.4 Å². The fourth-order valence-corrected chi connectivity index (χ4v) is 2.15. The van der Waals surface area contributed by atoms with Crippen molar-refractivity contribution in [2.45, 2.75) is 6.42 Å². The van der Waals surface area contributed by atoms with Crippen LogP contribution in [0.3, 0.4) is 0 Å². The van der Waals surface area contributed by atoms with Crippen molar-refractivity contribution in [1.29, 1.82) is 0 Å². The number of benzene rings is 1. The minimum Gasteiger partial charge on any atom is -0.482 e. The van der Waals surface area contributed by atoms with Gasteiger partial charge in [0.15, 0.2) is 6.61 Å². The first kappa shape index (κ1) is 14.0. The van der Waals surface area contributed by atoms with Crippen molar-refractivity contribution in [2.75, 3.05) is 23.9 Å². The van der Waals surface area contributed by atoms with Crippen LogP contribution in [0.25, 0.3) is 0 Å². The average molecular weight is 298 g/mol. The normalized spacial score (nSPS) is 13.3. The average Bonchev–Trinajstić information content (AvgIpc) is 2.52. The molecule has 2 amide bonds. The predicted octanol–water partition coefficient (Wildman–Crippen LogP) is 1.01. The summed E-state index contributed by atoms with van der Waals surface area (Å²) in [4.78, 5) is 33.0. The lowest BCUT2D eigenvalue weighted by Crippen LogP contribution is -2.35. The molecule has 1 aromatic carbocycles. The third-order valence-corrected chi connectivity index (χ3v) is 3.29. The second-order valence-corrected chi connectivity index (χ2v) is 4.84. The maximum absolute atomic E-state index is 12.0. The number of nitrogens with one attached hydrogen (secondary N) is 1. The van der Waals surface area contributed by atoms with Gasteiger partial charge in [-0.1, -0.05) is 6.07 Å². The van der Waals surface area contributed by atoms with Crippen molar-refractivity contribution in [1.82, 2.24) is 9.97 Å². The van der Waals surface area contributed by atoms with E-state index >= 15 is 0 Å². The Balaban J connectivity index is 1.73. The van der Waals surface area contributed by atoms with Crippen LogP contribution in [0.1, 0.15) is 5.56 Å². The minimum atomic E-state index is -0.225. The van der Waals surface area contributed by atoms with Crippen LogP contribution in [0.2, 0.25) is 0 Å². The smallest absolute Gasteiger partial charge is 0.264 e. The number of carbonyl (C=O) groups is 2. The van der Waals surface area contributed by atoms with E-state index in [-0.39, 0.29) is 30.8 Å². The fraction of sp³-hybridized carbons (Fsp3) is 0.200. The highest BCUT2D eigenvalue weighted by Crippen LogP contribution is 2.32. The Hall–Kier alpha value is -2.96. The van der Waals surface area contributed by atoms with E-state index in [1.54, 1.807) is 43.7 Å². The first-order chi connectivity index (χ1) is 10.6. The molecule has 1 aliphatic rings. The Morgan fingerprint density at radius 2 is 2.14 bits per heavy atom. The molecule has 0 saturated heterocycles. The van der Waals surface area contributed by atoms with Gasteiger partial charge in [0.1, 0.15) is 5.75 Å². The monoisotopic (exact) mass is 298 g/mol. The van der Waals surface area contributed by atoms with Crippen molar-refractivity contribution in [3.8, 4) is 5.75 Å². The van der Waals surface area contributed by atoms with E-state index in [9.17, 15) is 9.59 Å². The van der Waals surface area contributed by atoms with Gasteiger partial charge in [-0.05, 0) is 23.8 Å². The van der Waals surface area contributed by atoms with Crippen molar-refractivity contribution < 1.29 is 14.3 Å². The van der Waals surface area contributed by atoms with Gasteiger partial charge >= 0.3 is 0 Å². The van der Waals surface area contributed by atoms with Gasteiger partial charge in [-0.25, -0.2) is 9.97 Å². The molecule has 0 unspecified atom stereocenters. The fourth-order valence-electron chi connectivity index (χ4n) is 2.15. The van der Waals surface area contributed by atoms with E-state index in [1.165, 1.54) is 4.90 Å². The summed E-state index contributed by atoms with van der Waals surface area (Å²) in [6, 6.07) is 7.01. The number of ether oxygens (including phenoxy) is 1. The minimum absolute atomic E-state index is 0.0364. The van der Waals surface area contributed by atoms with Crippen molar-refractivity contribution in [3.63, 3.8) is 0 Å². The van der Waals surface area contributed by atoms with Crippen LogP contribution in [0.5, 0.6) is 5.75 Å². The van der Waals surface area contributed by atoms with Gasteiger partial charge in [0.2, 0.25) is 11.9 Å². The first-order valence-corrected chi connectivity index (χ1v) is 6.72. The van der Waals surface area contributed by atoms with Crippen LogP contribution < -0.4 is 15.0 Å². The number of aromatic nitrogens is 2. The second kappa shape index (κ2) is 5.80. The Kier molecular flexibility index (Phi) is 3.69. The molecule has 7 heteroatoms. The van der Waals surface area contributed by atoms with Crippen LogP contribution in [0.15, 0.2) is 36.7 Å². The zero-order valence-electron chi connectivity index (χ0n) is 11.9. The molecule has 7 nitrogen and oxygen atoms in total. The molecule has 112 valence electrons. The number of hydrogen-bond acceptors (Lipinski definition) is 5. The summed E-state index contributed by atoms with van der Waals surface area (Å²) in [7, 11) is 1.69. The van der Waals surface area contributed by atoms with Crippen molar-refractivity contribution in [3.05, 3.63) is 42.2 Å². The lowest BCUT2D eigenvalue weighted by Gasteiger charge is -2.26. The van der Waals surface area contributed by atoms with E-state index in [4.69, 9.17) is 4.74 Å². The van der Waals surface area contributed by atoms with Crippen LogP contribution in [-0.4, -0.2) is 35.4 Å². The number of nitrogens with zero attached hydrogens (tertiary/aromatic N) is 3. The standard InChI is InChI=1S/C15H14N4O3/c1-19-11-7-10(3-4-12(11)22-9-14(19)21)8-13(20)18-15-16-5-2-6-17-15/h2-7H,8-9H2,1H3,(H,16,17,18,20). The van der Waals surface area contributed by atoms with Gasteiger partial charge in [0.05, 0.1) is 12.1 Å². The Bertz CT molecular complexity index is 718. The maximum Gasteiger partial charge on any atom is 0.264 e. The molecule has 2 aromatic rings. The molecule has 3 rings (SSSR count). The van der Waals surface area contributed by atoms with E-state index in [1.807, 2.05) is 0 Å². The summed E-state index contributed by atoms with van der Waals surface area (Å²) in [5.74, 6) is 0.558. The Morgan fingerprint density at radius 1 is 1.36 bits per heavy atom. The van der Waals surface area contributed by atoms with Crippen LogP contribution in [0, 0.1) is 0 Å². The maximum atomic E-state index is 12.0. The molecule has 0 atom stereocenters. The van der Waals surface area contributed by atoms with Crippen molar-refractivity contribution in [2.24, 2.45) is 0 Å². The highest BCUT2D eigenvalue weighted by Gasteiger charge is 2.22. The number of hydrogen-bond donors (Lipinski definition) is 1. The zero-order valence-corrected chi connectivity index (χ0v) is 11.9. The first-order valence-electron chi connectivity index (χ1n) is 6.72. The van der Waals surface area contributed by atoms with Crippen LogP contribution in [0.4, 0.5) is 11.6 Å². The SMILES string of the molecule is CN1C(=O)COc2ccc(CC(=O)Nc3ncccn3)cc21. The molecule has 1 N–H and O–H groups in total. The highest BCUT2D eigenvalue weighted by atomic mass is 16.5. The van der Waals surface area contributed by atoms with Crippen LogP contribution >= 0.6 is 0 Å². The molecule has 1 aromatic heterocycles. The third kappa shape index (κ3) is 2.88. The van der Waals surface area contributed by atoms with Gasteiger partial charge < -0.3 is 9.64 Å². The third-order valence-electron chi connectivity index (χ3n) is 3.29. The van der Waals surface area contributed by atoms with Gasteiger partial charge in [-0.2, -0.15) is 0 Å². The van der Waals surface area contributed by atoms with E-state index < -0.39 is 0 Å². The molecule has 0 bridgehead atoms. The molecule has 2 heterocycles. The lowest BCUT2D eigenvalue weighted by molar-refractivity contribution is -0.121. The summed E-state index contributed by atoms with van der Waals surface area (Å²) in [5, 5.41) is 2.62. The molecule has 22 heavy (non-hydrogen) atoms. The molecular weight excluding hydrogens is 284 g/mol. The summed E-state index contributed by atoms with van der Waals surface area (Å²) >= 11 is 0. The summed E-state index contributed by atoms with van der Waals surface area (Å²) in [6.07, 6.45) is 3.27. The quantitative estimate of drug-likeness (QED) is 0.914. The van der Waals surface area contributed by atoms with Gasteiger partial charge in [0.25, 0.3) is 5.91 Å².